The summed E-state index contributed by atoms with van der Waals surface area (Å²) >= 11 is 1.55. The van der Waals surface area contributed by atoms with E-state index in [2.05, 4.69) is 37.1 Å². The number of aryl methyl sites for hydroxylation is 1. The molecule has 1 fully saturated rings. The average Bonchev–Trinajstić information content (AvgIpc) is 3.24. The van der Waals surface area contributed by atoms with E-state index in [4.69, 9.17) is 0 Å². The van der Waals surface area contributed by atoms with Gasteiger partial charge in [0.2, 0.25) is 5.95 Å². The fourth-order valence-corrected chi connectivity index (χ4v) is 4.84. The fourth-order valence-electron chi connectivity index (χ4n) is 3.98. The maximum atomic E-state index is 14.5. The number of benzene rings is 1. The Morgan fingerprint density at radius 3 is 2.65 bits per heavy atom. The second-order valence-electron chi connectivity index (χ2n) is 8.09. The zero-order valence-electron chi connectivity index (χ0n) is 19.0. The highest BCUT2D eigenvalue weighted by atomic mass is 32.1. The van der Waals surface area contributed by atoms with Crippen molar-refractivity contribution in [1.29, 1.82) is 0 Å². The summed E-state index contributed by atoms with van der Waals surface area (Å²) in [6.45, 7) is 8.26. The number of carbonyl (C=O) groups excluding carboxylic acids is 1. The SMILES string of the molecule is CCN1CCN(C(=O)c2ccc(Nc3ncc(F)c(-c4ccc5nc(C)sc5c4)n3)nc2)CC1. The molecule has 5 rings (SSSR count). The highest BCUT2D eigenvalue weighted by molar-refractivity contribution is 7.18. The fraction of sp³-hybridized carbons (Fsp3) is 0.292. The monoisotopic (exact) mass is 477 g/mol. The number of fused-ring (bicyclic) bond motifs is 1. The predicted octanol–water partition coefficient (Wildman–Crippen LogP) is 4.12. The first-order valence-corrected chi connectivity index (χ1v) is 12.0. The molecule has 0 aliphatic carbocycles. The molecule has 0 atom stereocenters. The average molecular weight is 478 g/mol. The number of nitrogens with zero attached hydrogens (tertiary/aromatic N) is 6. The number of hydrogen-bond donors (Lipinski definition) is 1. The molecule has 1 N–H and O–H groups in total. The first kappa shape index (κ1) is 22.3. The molecule has 34 heavy (non-hydrogen) atoms. The van der Waals surface area contributed by atoms with Crippen molar-refractivity contribution < 1.29 is 9.18 Å². The molecule has 1 amide bonds. The Morgan fingerprint density at radius 2 is 1.91 bits per heavy atom. The summed E-state index contributed by atoms with van der Waals surface area (Å²) in [5, 5.41) is 3.95. The molecule has 0 spiro atoms. The summed E-state index contributed by atoms with van der Waals surface area (Å²) < 4.78 is 15.5. The van der Waals surface area contributed by atoms with Crippen molar-refractivity contribution in [2.75, 3.05) is 38.0 Å². The lowest BCUT2D eigenvalue weighted by Crippen LogP contribution is -2.48. The smallest absolute Gasteiger partial charge is 0.255 e. The molecule has 8 nitrogen and oxygen atoms in total. The van der Waals surface area contributed by atoms with Crippen LogP contribution in [0.1, 0.15) is 22.3 Å². The Morgan fingerprint density at radius 1 is 1.09 bits per heavy atom. The van der Waals surface area contributed by atoms with Crippen LogP contribution in [0.3, 0.4) is 0 Å². The minimum atomic E-state index is -0.511. The number of halogens is 1. The lowest BCUT2D eigenvalue weighted by Gasteiger charge is -2.34. The number of amides is 1. The van der Waals surface area contributed by atoms with E-state index in [0.29, 0.717) is 30.0 Å². The highest BCUT2D eigenvalue weighted by Crippen LogP contribution is 2.29. The van der Waals surface area contributed by atoms with Gasteiger partial charge in [0.15, 0.2) is 5.82 Å². The molecule has 4 aromatic rings. The summed E-state index contributed by atoms with van der Waals surface area (Å²) in [5.41, 5.74) is 2.26. The molecule has 4 heterocycles. The minimum Gasteiger partial charge on any atom is -0.336 e. The van der Waals surface area contributed by atoms with E-state index in [0.717, 1.165) is 41.1 Å². The third kappa shape index (κ3) is 4.59. The van der Waals surface area contributed by atoms with E-state index in [9.17, 15) is 9.18 Å². The number of piperazine rings is 1. The molecule has 1 aromatic carbocycles. The Balaban J connectivity index is 1.31. The van der Waals surface area contributed by atoms with Crippen LogP contribution in [0.5, 0.6) is 0 Å². The number of aromatic nitrogens is 4. The van der Waals surface area contributed by atoms with E-state index in [1.54, 1.807) is 35.7 Å². The number of carbonyl (C=O) groups is 1. The van der Waals surface area contributed by atoms with Gasteiger partial charge in [-0.2, -0.15) is 0 Å². The van der Waals surface area contributed by atoms with Gasteiger partial charge >= 0.3 is 0 Å². The Hall–Kier alpha value is -3.50. The molecule has 1 aliphatic heterocycles. The van der Waals surface area contributed by atoms with Gasteiger partial charge in [-0.3, -0.25) is 4.79 Å². The van der Waals surface area contributed by atoms with Gasteiger partial charge in [-0.05, 0) is 37.7 Å². The molecular weight excluding hydrogens is 453 g/mol. The lowest BCUT2D eigenvalue weighted by atomic mass is 10.1. The quantitative estimate of drug-likeness (QED) is 0.463. The van der Waals surface area contributed by atoms with Gasteiger partial charge in [0, 0.05) is 37.9 Å². The van der Waals surface area contributed by atoms with Gasteiger partial charge < -0.3 is 15.1 Å². The molecule has 3 aromatic heterocycles. The van der Waals surface area contributed by atoms with Crippen LogP contribution < -0.4 is 5.32 Å². The Bertz CT molecular complexity index is 1330. The molecule has 1 aliphatic rings. The zero-order chi connectivity index (χ0) is 23.7. The van der Waals surface area contributed by atoms with Crippen LogP contribution in [-0.4, -0.2) is 68.4 Å². The topological polar surface area (TPSA) is 87.1 Å². The van der Waals surface area contributed by atoms with Gasteiger partial charge in [-0.15, -0.1) is 11.3 Å². The molecule has 1 saturated heterocycles. The summed E-state index contributed by atoms with van der Waals surface area (Å²) in [7, 11) is 0. The van der Waals surface area contributed by atoms with Crippen molar-refractivity contribution >= 4 is 39.2 Å². The first-order valence-electron chi connectivity index (χ1n) is 11.1. The number of pyridine rings is 1. The van der Waals surface area contributed by atoms with Crippen molar-refractivity contribution in [1.82, 2.24) is 29.7 Å². The molecule has 10 heteroatoms. The number of anilines is 2. The van der Waals surface area contributed by atoms with E-state index in [1.807, 2.05) is 24.0 Å². The van der Waals surface area contributed by atoms with Crippen LogP contribution in [0.2, 0.25) is 0 Å². The van der Waals surface area contributed by atoms with Crippen LogP contribution >= 0.6 is 11.3 Å². The largest absolute Gasteiger partial charge is 0.336 e. The van der Waals surface area contributed by atoms with Crippen molar-refractivity contribution in [2.24, 2.45) is 0 Å². The second kappa shape index (κ2) is 9.40. The molecule has 0 radical (unpaired) electrons. The standard InChI is InChI=1S/C24H24FN7OS/c1-3-31-8-10-32(11-9-31)23(33)17-5-7-21(26-13-17)29-24-27-14-18(25)22(30-24)16-4-6-19-20(12-16)34-15(2)28-19/h4-7,12-14H,3,8-11H2,1-2H3,(H,26,27,29,30). The summed E-state index contributed by atoms with van der Waals surface area (Å²) in [6, 6.07) is 8.98. The van der Waals surface area contributed by atoms with Gasteiger partial charge in [0.25, 0.3) is 5.91 Å². The molecule has 0 bridgehead atoms. The summed E-state index contributed by atoms with van der Waals surface area (Å²) in [5.74, 6) is 0.157. The van der Waals surface area contributed by atoms with E-state index < -0.39 is 5.82 Å². The van der Waals surface area contributed by atoms with Crippen molar-refractivity contribution in [3.8, 4) is 11.3 Å². The third-order valence-corrected chi connectivity index (χ3v) is 6.80. The second-order valence-corrected chi connectivity index (χ2v) is 9.32. The number of nitrogens with one attached hydrogen (secondary N) is 1. The zero-order valence-corrected chi connectivity index (χ0v) is 19.8. The van der Waals surface area contributed by atoms with Gasteiger partial charge in [-0.25, -0.2) is 24.3 Å². The van der Waals surface area contributed by atoms with Crippen molar-refractivity contribution in [2.45, 2.75) is 13.8 Å². The predicted molar refractivity (Wildman–Crippen MR) is 131 cm³/mol. The highest BCUT2D eigenvalue weighted by Gasteiger charge is 2.21. The van der Waals surface area contributed by atoms with E-state index in [-0.39, 0.29) is 17.5 Å². The van der Waals surface area contributed by atoms with Crippen LogP contribution in [0.4, 0.5) is 16.2 Å². The minimum absolute atomic E-state index is 0.0242. The summed E-state index contributed by atoms with van der Waals surface area (Å²) in [6.07, 6.45) is 2.68. The number of thiazole rings is 1. The van der Waals surface area contributed by atoms with Crippen LogP contribution in [-0.2, 0) is 0 Å². The molecule has 174 valence electrons. The maximum Gasteiger partial charge on any atom is 0.255 e. The van der Waals surface area contributed by atoms with Crippen LogP contribution in [0, 0.1) is 12.7 Å². The normalized spacial score (nSPS) is 14.5. The number of hydrogen-bond acceptors (Lipinski definition) is 8. The summed E-state index contributed by atoms with van der Waals surface area (Å²) in [4.78, 5) is 34.1. The Kier molecular flexibility index (Phi) is 6.16. The molecule has 0 unspecified atom stereocenters. The van der Waals surface area contributed by atoms with Crippen molar-refractivity contribution in [3.63, 3.8) is 0 Å². The Labute approximate surface area is 200 Å². The van der Waals surface area contributed by atoms with Crippen molar-refractivity contribution in [3.05, 3.63) is 59.1 Å². The third-order valence-electron chi connectivity index (χ3n) is 5.87. The van der Waals surface area contributed by atoms with E-state index in [1.165, 1.54) is 0 Å². The first-order chi connectivity index (χ1) is 16.5. The van der Waals surface area contributed by atoms with E-state index >= 15 is 0 Å². The molecule has 0 saturated carbocycles. The lowest BCUT2D eigenvalue weighted by molar-refractivity contribution is 0.0643. The van der Waals surface area contributed by atoms with Crippen LogP contribution in [0.15, 0.2) is 42.7 Å². The number of likely N-dealkylation sites (N-methyl/N-ethyl adjacent to an activating group) is 1. The van der Waals surface area contributed by atoms with Gasteiger partial charge in [0.05, 0.1) is 27.0 Å². The molecular formula is C24H24FN7OS. The van der Waals surface area contributed by atoms with Gasteiger partial charge in [-0.1, -0.05) is 13.0 Å². The van der Waals surface area contributed by atoms with Crippen LogP contribution in [0.25, 0.3) is 21.5 Å². The number of rotatable bonds is 5. The maximum absolute atomic E-state index is 14.5. The van der Waals surface area contributed by atoms with Gasteiger partial charge in [0.1, 0.15) is 11.5 Å².